The maximum absolute atomic E-state index is 5.91. The summed E-state index contributed by atoms with van der Waals surface area (Å²) >= 11 is 4.25. The molecule has 0 aromatic rings. The van der Waals surface area contributed by atoms with Crippen molar-refractivity contribution in [3.8, 4) is 0 Å². The minimum Gasteiger partial charge on any atom is -0.374 e. The van der Waals surface area contributed by atoms with Crippen molar-refractivity contribution in [3.63, 3.8) is 0 Å². The Morgan fingerprint density at radius 3 is 1.16 bits per heavy atom. The van der Waals surface area contributed by atoms with Gasteiger partial charge in [-0.2, -0.15) is 12.6 Å². The van der Waals surface area contributed by atoms with Crippen molar-refractivity contribution in [1.29, 1.82) is 0 Å². The lowest BCUT2D eigenvalue weighted by Gasteiger charge is -2.28. The molecular weight excluding hydrogens is 348 g/mol. The van der Waals surface area contributed by atoms with Gasteiger partial charge < -0.3 is 13.3 Å². The van der Waals surface area contributed by atoms with E-state index in [1.54, 1.807) is 0 Å². The van der Waals surface area contributed by atoms with Crippen LogP contribution in [0, 0.1) is 0 Å². The first-order valence-corrected chi connectivity index (χ1v) is 13.3. The molecule has 0 N–H and O–H groups in total. The zero-order chi connectivity index (χ0) is 18.6. The standard InChI is InChI=1S/C20H44O3SSi/c1-4-21-25(22-5-2,23-6-3)20-18-16-14-12-10-8-7-9-11-13-15-17-19-24/h24H,4-20H2,1-3H3. The van der Waals surface area contributed by atoms with E-state index in [2.05, 4.69) is 12.6 Å². The number of unbranched alkanes of at least 4 members (excludes halogenated alkanes) is 11. The van der Waals surface area contributed by atoms with Crippen molar-refractivity contribution in [3.05, 3.63) is 0 Å². The molecule has 5 heteroatoms. The van der Waals surface area contributed by atoms with Gasteiger partial charge in [0.05, 0.1) is 0 Å². The zero-order valence-corrected chi connectivity index (χ0v) is 19.1. The molecule has 0 atom stereocenters. The average Bonchev–Trinajstić information content (AvgIpc) is 2.60. The van der Waals surface area contributed by atoms with E-state index in [9.17, 15) is 0 Å². The summed E-state index contributed by atoms with van der Waals surface area (Å²) in [5.41, 5.74) is 0. The molecule has 0 aromatic heterocycles. The molecule has 0 bridgehead atoms. The highest BCUT2D eigenvalue weighted by Gasteiger charge is 2.39. The second-order valence-electron chi connectivity index (χ2n) is 6.70. The Morgan fingerprint density at radius 2 is 0.840 bits per heavy atom. The molecule has 0 saturated carbocycles. The highest BCUT2D eigenvalue weighted by molar-refractivity contribution is 7.80. The lowest BCUT2D eigenvalue weighted by atomic mass is 10.1. The summed E-state index contributed by atoms with van der Waals surface area (Å²) < 4.78 is 17.7. The first-order valence-electron chi connectivity index (χ1n) is 10.8. The summed E-state index contributed by atoms with van der Waals surface area (Å²) in [6.45, 7) is 8.13. The fourth-order valence-electron chi connectivity index (χ4n) is 3.22. The predicted molar refractivity (Wildman–Crippen MR) is 115 cm³/mol. The molecular formula is C20H44O3SSi. The minimum atomic E-state index is -2.40. The molecule has 0 heterocycles. The third-order valence-corrected chi connectivity index (χ3v) is 7.95. The van der Waals surface area contributed by atoms with Gasteiger partial charge in [0, 0.05) is 25.9 Å². The molecule has 0 spiro atoms. The van der Waals surface area contributed by atoms with E-state index < -0.39 is 8.80 Å². The summed E-state index contributed by atoms with van der Waals surface area (Å²) in [7, 11) is -2.40. The van der Waals surface area contributed by atoms with E-state index in [1.165, 1.54) is 70.6 Å². The molecule has 0 radical (unpaired) electrons. The van der Waals surface area contributed by atoms with Gasteiger partial charge in [-0.1, -0.05) is 64.2 Å². The van der Waals surface area contributed by atoms with Crippen LogP contribution in [0.25, 0.3) is 0 Å². The van der Waals surface area contributed by atoms with E-state index in [-0.39, 0.29) is 0 Å². The molecule has 152 valence electrons. The van der Waals surface area contributed by atoms with Crippen LogP contribution in [0.3, 0.4) is 0 Å². The lowest BCUT2D eigenvalue weighted by molar-refractivity contribution is 0.0706. The second-order valence-corrected chi connectivity index (χ2v) is 9.88. The van der Waals surface area contributed by atoms with Gasteiger partial charge in [-0.05, 0) is 39.4 Å². The third-order valence-electron chi connectivity index (χ3n) is 4.48. The molecule has 3 nitrogen and oxygen atoms in total. The van der Waals surface area contributed by atoms with Crippen molar-refractivity contribution >= 4 is 21.4 Å². The highest BCUT2D eigenvalue weighted by atomic mass is 32.1. The summed E-state index contributed by atoms with van der Waals surface area (Å²) in [5, 5.41) is 0. The Morgan fingerprint density at radius 1 is 0.520 bits per heavy atom. The molecule has 0 amide bonds. The zero-order valence-electron chi connectivity index (χ0n) is 17.2. The van der Waals surface area contributed by atoms with Gasteiger partial charge in [-0.3, -0.25) is 0 Å². The fraction of sp³-hybridized carbons (Fsp3) is 1.00. The molecule has 0 aliphatic carbocycles. The monoisotopic (exact) mass is 392 g/mol. The summed E-state index contributed by atoms with van der Waals surface area (Å²) in [6, 6.07) is 0.967. The molecule has 0 rings (SSSR count). The smallest absolute Gasteiger partial charge is 0.374 e. The molecule has 0 aliphatic heterocycles. The summed E-state index contributed by atoms with van der Waals surface area (Å²) in [5.74, 6) is 1.04. The Bertz CT molecular complexity index is 250. The van der Waals surface area contributed by atoms with Crippen molar-refractivity contribution in [2.24, 2.45) is 0 Å². The average molecular weight is 393 g/mol. The van der Waals surface area contributed by atoms with Crippen LogP contribution in [0.15, 0.2) is 0 Å². The Hall–Kier alpha value is 0.447. The first kappa shape index (κ1) is 25.4. The largest absolute Gasteiger partial charge is 0.500 e. The van der Waals surface area contributed by atoms with Crippen LogP contribution in [-0.2, 0) is 13.3 Å². The quantitative estimate of drug-likeness (QED) is 0.143. The van der Waals surface area contributed by atoms with Gasteiger partial charge in [-0.25, -0.2) is 0 Å². The van der Waals surface area contributed by atoms with E-state index in [4.69, 9.17) is 13.3 Å². The SMILES string of the molecule is CCO[Si](CCCCCCCCCCCCCCS)(OCC)OCC. The van der Waals surface area contributed by atoms with Crippen molar-refractivity contribution in [2.45, 2.75) is 104 Å². The van der Waals surface area contributed by atoms with Gasteiger partial charge in [0.15, 0.2) is 0 Å². The Labute approximate surface area is 164 Å². The van der Waals surface area contributed by atoms with Crippen LogP contribution in [0.2, 0.25) is 6.04 Å². The minimum absolute atomic E-state index is 0.681. The summed E-state index contributed by atoms with van der Waals surface area (Å²) in [4.78, 5) is 0. The van der Waals surface area contributed by atoms with Crippen LogP contribution in [-0.4, -0.2) is 34.4 Å². The van der Waals surface area contributed by atoms with Crippen LogP contribution in [0.1, 0.15) is 97.8 Å². The van der Waals surface area contributed by atoms with Gasteiger partial charge >= 0.3 is 8.80 Å². The molecule has 0 aromatic carbocycles. The molecule has 0 saturated heterocycles. The topological polar surface area (TPSA) is 27.7 Å². The maximum atomic E-state index is 5.91. The normalized spacial score (nSPS) is 12.0. The Kier molecular flexibility index (Phi) is 19.6. The van der Waals surface area contributed by atoms with Gasteiger partial charge in [0.25, 0.3) is 0 Å². The number of hydrogen-bond donors (Lipinski definition) is 1. The van der Waals surface area contributed by atoms with Crippen LogP contribution >= 0.6 is 12.6 Å². The van der Waals surface area contributed by atoms with Gasteiger partial charge in [-0.15, -0.1) is 0 Å². The maximum Gasteiger partial charge on any atom is 0.500 e. The van der Waals surface area contributed by atoms with Crippen LogP contribution < -0.4 is 0 Å². The number of hydrogen-bond acceptors (Lipinski definition) is 4. The predicted octanol–water partition coefficient (Wildman–Crippen LogP) is 6.65. The van der Waals surface area contributed by atoms with E-state index in [0.29, 0.717) is 19.8 Å². The lowest BCUT2D eigenvalue weighted by Crippen LogP contribution is -2.45. The molecule has 0 fully saturated rings. The fourth-order valence-corrected chi connectivity index (χ4v) is 6.13. The Balaban J connectivity index is 3.56. The van der Waals surface area contributed by atoms with E-state index in [0.717, 1.165) is 18.2 Å². The third kappa shape index (κ3) is 15.2. The van der Waals surface area contributed by atoms with Crippen molar-refractivity contribution in [1.82, 2.24) is 0 Å². The van der Waals surface area contributed by atoms with Crippen LogP contribution in [0.5, 0.6) is 0 Å². The van der Waals surface area contributed by atoms with Gasteiger partial charge in [0.2, 0.25) is 0 Å². The van der Waals surface area contributed by atoms with E-state index in [1.807, 2.05) is 20.8 Å². The number of rotatable bonds is 20. The van der Waals surface area contributed by atoms with Crippen LogP contribution in [0.4, 0.5) is 0 Å². The van der Waals surface area contributed by atoms with Gasteiger partial charge in [0.1, 0.15) is 0 Å². The molecule has 0 aliphatic rings. The van der Waals surface area contributed by atoms with Crippen molar-refractivity contribution in [2.75, 3.05) is 25.6 Å². The van der Waals surface area contributed by atoms with E-state index >= 15 is 0 Å². The highest BCUT2D eigenvalue weighted by Crippen LogP contribution is 2.21. The second kappa shape index (κ2) is 19.2. The van der Waals surface area contributed by atoms with Crippen molar-refractivity contribution < 1.29 is 13.3 Å². The number of thiol groups is 1. The first-order chi connectivity index (χ1) is 12.2. The molecule has 0 unspecified atom stereocenters. The molecule has 25 heavy (non-hydrogen) atoms. The summed E-state index contributed by atoms with van der Waals surface area (Å²) in [6.07, 6.45) is 16.2.